The molecule has 0 spiro atoms. The van der Waals surface area contributed by atoms with E-state index in [0.717, 1.165) is 0 Å². The number of carbonyl (C=O) groups is 1. The molecule has 0 rings (SSSR count). The second-order valence-electron chi connectivity index (χ2n) is 0.984. The molecule has 0 saturated heterocycles. The molecule has 1 amide bonds. The molecule has 0 aliphatic heterocycles. The summed E-state index contributed by atoms with van der Waals surface area (Å²) in [5, 5.41) is 2.86. The van der Waals surface area contributed by atoms with Crippen molar-refractivity contribution in [1.29, 1.82) is 0 Å². The van der Waals surface area contributed by atoms with Crippen molar-refractivity contribution in [3.8, 4) is 0 Å². The molecule has 1 N–H and O–H groups in total. The summed E-state index contributed by atoms with van der Waals surface area (Å²) in [4.78, 5) is 10.2. The maximum atomic E-state index is 10.2. The van der Waals surface area contributed by atoms with Crippen molar-refractivity contribution < 1.29 is 4.79 Å². The summed E-state index contributed by atoms with van der Waals surface area (Å²) in [6.07, 6.45) is 0. The highest BCUT2D eigenvalue weighted by atomic mass is 79.9. The van der Waals surface area contributed by atoms with Crippen LogP contribution in [-0.4, -0.2) is 17.8 Å². The molecule has 0 aliphatic carbocycles. The molecular weight excluding hydrogens is 158 g/mol. The van der Waals surface area contributed by atoms with Crippen LogP contribution in [-0.2, 0) is 4.79 Å². The van der Waals surface area contributed by atoms with Crippen molar-refractivity contribution >= 4 is 21.8 Å². The zero-order chi connectivity index (χ0) is 5.70. The number of amides is 1. The zero-order valence-electron chi connectivity index (χ0n) is 3.91. The van der Waals surface area contributed by atoms with Gasteiger partial charge in [0.1, 0.15) is 0 Å². The number of hydrogen-bond donors (Lipinski definition) is 1. The van der Waals surface area contributed by atoms with Crippen LogP contribution in [0.25, 0.3) is 0 Å². The fraction of sp³-hybridized carbons (Fsp3) is 0.500. The fourth-order valence-electron chi connectivity index (χ4n) is 0.187. The fourth-order valence-corrected chi connectivity index (χ4v) is 0.385. The highest BCUT2D eigenvalue weighted by molar-refractivity contribution is 9.09. The lowest BCUT2D eigenvalue weighted by atomic mass is 10.6. The predicted molar refractivity (Wildman–Crippen MR) is 32.2 cm³/mol. The third kappa shape index (κ3) is 3.79. The maximum absolute atomic E-state index is 10.2. The van der Waals surface area contributed by atoms with Gasteiger partial charge in [0.2, 0.25) is 5.91 Å². The minimum Gasteiger partial charge on any atom is -0.355 e. The SMILES string of the molecule is [CH2]CNC(=O)CBr. The Balaban J connectivity index is 3.00. The third-order valence-corrected chi connectivity index (χ3v) is 0.953. The Kier molecular flexibility index (Phi) is 4.09. The molecule has 0 fully saturated rings. The molecule has 0 bridgehead atoms. The number of rotatable bonds is 2. The Morgan fingerprint density at radius 2 is 2.43 bits per heavy atom. The Bertz CT molecular complexity index is 64.7. The summed E-state index contributed by atoms with van der Waals surface area (Å²) in [6, 6.07) is 0. The van der Waals surface area contributed by atoms with E-state index in [-0.39, 0.29) is 5.91 Å². The Morgan fingerprint density at radius 1 is 1.86 bits per heavy atom. The second-order valence-corrected chi connectivity index (χ2v) is 1.54. The number of nitrogens with one attached hydrogen (secondary N) is 1. The third-order valence-electron chi connectivity index (χ3n) is 0.444. The normalized spacial score (nSPS) is 8.29. The molecule has 0 heterocycles. The zero-order valence-corrected chi connectivity index (χ0v) is 5.49. The van der Waals surface area contributed by atoms with E-state index in [1.807, 2.05) is 0 Å². The summed E-state index contributed by atoms with van der Waals surface area (Å²) in [5.74, 6) is -0.0185. The van der Waals surface area contributed by atoms with Crippen molar-refractivity contribution in [2.75, 3.05) is 11.9 Å². The summed E-state index contributed by atoms with van der Waals surface area (Å²) in [5.41, 5.74) is 0. The van der Waals surface area contributed by atoms with E-state index >= 15 is 0 Å². The quantitative estimate of drug-likeness (QED) is 0.587. The Labute approximate surface area is 51.4 Å². The van der Waals surface area contributed by atoms with Crippen LogP contribution in [0.15, 0.2) is 0 Å². The first-order valence-electron chi connectivity index (χ1n) is 1.93. The van der Waals surface area contributed by atoms with Crippen molar-refractivity contribution in [1.82, 2.24) is 5.32 Å². The number of carbonyl (C=O) groups excluding carboxylic acids is 1. The van der Waals surface area contributed by atoms with Gasteiger partial charge in [-0.05, 0) is 6.92 Å². The van der Waals surface area contributed by atoms with Gasteiger partial charge in [0.25, 0.3) is 0 Å². The Morgan fingerprint density at radius 3 is 2.57 bits per heavy atom. The number of hydrogen-bond acceptors (Lipinski definition) is 1. The molecule has 1 radical (unpaired) electrons. The average Bonchev–Trinajstić information content (AvgIpc) is 1.68. The van der Waals surface area contributed by atoms with E-state index in [2.05, 4.69) is 28.2 Å². The lowest BCUT2D eigenvalue weighted by Crippen LogP contribution is -2.23. The van der Waals surface area contributed by atoms with Crippen LogP contribution in [0.3, 0.4) is 0 Å². The molecule has 0 aromatic heterocycles. The van der Waals surface area contributed by atoms with Gasteiger partial charge >= 0.3 is 0 Å². The van der Waals surface area contributed by atoms with Gasteiger partial charge in [-0.2, -0.15) is 0 Å². The first-order valence-corrected chi connectivity index (χ1v) is 3.05. The van der Waals surface area contributed by atoms with E-state index in [0.29, 0.717) is 11.9 Å². The topological polar surface area (TPSA) is 29.1 Å². The van der Waals surface area contributed by atoms with Gasteiger partial charge in [-0.1, -0.05) is 15.9 Å². The van der Waals surface area contributed by atoms with Gasteiger partial charge in [-0.15, -0.1) is 0 Å². The number of alkyl halides is 1. The average molecular weight is 165 g/mol. The highest BCUT2D eigenvalue weighted by Gasteiger charge is 1.89. The summed E-state index contributed by atoms with van der Waals surface area (Å²) >= 11 is 2.98. The second kappa shape index (κ2) is 4.12. The predicted octanol–water partition coefficient (Wildman–Crippen LogP) is 0.332. The van der Waals surface area contributed by atoms with Crippen molar-refractivity contribution in [2.45, 2.75) is 0 Å². The van der Waals surface area contributed by atoms with Gasteiger partial charge in [0.15, 0.2) is 0 Å². The lowest BCUT2D eigenvalue weighted by molar-refractivity contribution is -0.118. The minimum atomic E-state index is -0.0185. The Hall–Kier alpha value is -0.0500. The van der Waals surface area contributed by atoms with E-state index < -0.39 is 0 Å². The van der Waals surface area contributed by atoms with Gasteiger partial charge in [-0.25, -0.2) is 0 Å². The van der Waals surface area contributed by atoms with Crippen LogP contribution in [0.2, 0.25) is 0 Å². The highest BCUT2D eigenvalue weighted by Crippen LogP contribution is 1.75. The van der Waals surface area contributed by atoms with Crippen LogP contribution < -0.4 is 5.32 Å². The molecule has 0 aromatic rings. The molecule has 7 heavy (non-hydrogen) atoms. The molecule has 2 nitrogen and oxygen atoms in total. The summed E-state index contributed by atoms with van der Waals surface area (Å²) < 4.78 is 0. The summed E-state index contributed by atoms with van der Waals surface area (Å²) in [6.45, 7) is 3.88. The van der Waals surface area contributed by atoms with Gasteiger partial charge < -0.3 is 5.32 Å². The van der Waals surface area contributed by atoms with Crippen LogP contribution in [0, 0.1) is 6.92 Å². The number of halogens is 1. The molecule has 41 valence electrons. The molecular formula is C4H7BrNO. The van der Waals surface area contributed by atoms with Crippen LogP contribution in [0.1, 0.15) is 0 Å². The molecule has 3 heteroatoms. The van der Waals surface area contributed by atoms with Crippen LogP contribution >= 0.6 is 15.9 Å². The molecule has 0 saturated carbocycles. The van der Waals surface area contributed by atoms with E-state index in [1.54, 1.807) is 0 Å². The smallest absolute Gasteiger partial charge is 0.230 e. The summed E-state index contributed by atoms with van der Waals surface area (Å²) in [7, 11) is 0. The molecule has 0 aliphatic rings. The van der Waals surface area contributed by atoms with Crippen LogP contribution in [0.5, 0.6) is 0 Å². The largest absolute Gasteiger partial charge is 0.355 e. The van der Waals surface area contributed by atoms with Gasteiger partial charge in [0.05, 0.1) is 5.33 Å². The van der Waals surface area contributed by atoms with E-state index in [1.165, 1.54) is 0 Å². The van der Waals surface area contributed by atoms with Crippen molar-refractivity contribution in [3.05, 3.63) is 6.92 Å². The van der Waals surface area contributed by atoms with Gasteiger partial charge in [0, 0.05) is 6.54 Å². The first-order chi connectivity index (χ1) is 3.31. The molecule has 0 atom stereocenters. The molecule has 0 unspecified atom stereocenters. The standard InChI is InChI=1S/C4H7BrNO/c1-2-6-4(7)3-5/h1-3H2,(H,6,7). The van der Waals surface area contributed by atoms with Crippen molar-refractivity contribution in [2.24, 2.45) is 0 Å². The monoisotopic (exact) mass is 164 g/mol. The van der Waals surface area contributed by atoms with Crippen molar-refractivity contribution in [3.63, 3.8) is 0 Å². The van der Waals surface area contributed by atoms with Gasteiger partial charge in [-0.3, -0.25) is 4.79 Å². The van der Waals surface area contributed by atoms with Crippen LogP contribution in [0.4, 0.5) is 0 Å². The molecule has 0 aromatic carbocycles. The first kappa shape index (κ1) is 6.95. The maximum Gasteiger partial charge on any atom is 0.230 e. The van der Waals surface area contributed by atoms with E-state index in [9.17, 15) is 4.79 Å². The minimum absolute atomic E-state index is 0.0185. The lowest BCUT2D eigenvalue weighted by Gasteiger charge is -1.92. The van der Waals surface area contributed by atoms with E-state index in [4.69, 9.17) is 0 Å².